The summed E-state index contributed by atoms with van der Waals surface area (Å²) in [5.74, 6) is -0.175. The first-order valence-corrected chi connectivity index (χ1v) is 8.84. The average Bonchev–Trinajstić information content (AvgIpc) is 2.58. The third-order valence-electron chi connectivity index (χ3n) is 4.83. The van der Waals surface area contributed by atoms with Crippen LogP contribution in [0.1, 0.15) is 30.9 Å². The van der Waals surface area contributed by atoms with Gasteiger partial charge in [0.25, 0.3) is 0 Å². The SMILES string of the molecule is COCCNC(=O)[C@H]1CC[C@@H](C)N(C(=O)Nc2c(C)cccc2C)C1. The Morgan fingerprint density at radius 3 is 2.56 bits per heavy atom. The molecule has 0 aliphatic carbocycles. The fourth-order valence-corrected chi connectivity index (χ4v) is 3.21. The van der Waals surface area contributed by atoms with Gasteiger partial charge >= 0.3 is 6.03 Å². The van der Waals surface area contributed by atoms with Gasteiger partial charge in [-0.2, -0.15) is 0 Å². The minimum atomic E-state index is -0.170. The second-order valence-electron chi connectivity index (χ2n) is 6.76. The number of hydrogen-bond acceptors (Lipinski definition) is 3. The van der Waals surface area contributed by atoms with Crippen LogP contribution in [0, 0.1) is 19.8 Å². The van der Waals surface area contributed by atoms with E-state index >= 15 is 0 Å². The lowest BCUT2D eigenvalue weighted by Gasteiger charge is -2.37. The van der Waals surface area contributed by atoms with Crippen LogP contribution in [0.5, 0.6) is 0 Å². The number of para-hydroxylation sites is 1. The van der Waals surface area contributed by atoms with Crippen molar-refractivity contribution in [2.75, 3.05) is 32.1 Å². The number of carbonyl (C=O) groups is 2. The molecule has 1 aliphatic heterocycles. The Morgan fingerprint density at radius 1 is 1.24 bits per heavy atom. The van der Waals surface area contributed by atoms with Gasteiger partial charge in [0.1, 0.15) is 0 Å². The Kier molecular flexibility index (Phi) is 6.82. The molecule has 3 amide bonds. The van der Waals surface area contributed by atoms with Crippen molar-refractivity contribution in [2.45, 2.75) is 39.7 Å². The first kappa shape index (κ1) is 19.2. The van der Waals surface area contributed by atoms with Gasteiger partial charge in [0.15, 0.2) is 0 Å². The van der Waals surface area contributed by atoms with Crippen LogP contribution in [0.3, 0.4) is 0 Å². The molecule has 0 spiro atoms. The van der Waals surface area contributed by atoms with E-state index in [1.54, 1.807) is 12.0 Å². The zero-order valence-electron chi connectivity index (χ0n) is 15.6. The summed E-state index contributed by atoms with van der Waals surface area (Å²) in [4.78, 5) is 26.8. The van der Waals surface area contributed by atoms with Crippen LogP contribution < -0.4 is 10.6 Å². The summed E-state index contributed by atoms with van der Waals surface area (Å²) in [7, 11) is 1.61. The van der Waals surface area contributed by atoms with Crippen molar-refractivity contribution in [1.29, 1.82) is 0 Å². The van der Waals surface area contributed by atoms with E-state index in [2.05, 4.69) is 10.6 Å². The first-order chi connectivity index (χ1) is 11.9. The number of benzene rings is 1. The van der Waals surface area contributed by atoms with Crippen molar-refractivity contribution >= 4 is 17.6 Å². The van der Waals surface area contributed by atoms with Crippen LogP contribution in [-0.2, 0) is 9.53 Å². The fraction of sp³-hybridized carbons (Fsp3) is 0.579. The number of rotatable bonds is 5. The number of nitrogens with zero attached hydrogens (tertiary/aromatic N) is 1. The van der Waals surface area contributed by atoms with Crippen LogP contribution in [0.4, 0.5) is 10.5 Å². The van der Waals surface area contributed by atoms with E-state index in [9.17, 15) is 9.59 Å². The molecule has 1 aliphatic rings. The Hall–Kier alpha value is -2.08. The number of carbonyl (C=O) groups excluding carboxylic acids is 2. The number of hydrogen-bond donors (Lipinski definition) is 2. The molecular weight excluding hydrogens is 318 g/mol. The Labute approximate surface area is 149 Å². The number of urea groups is 1. The maximum Gasteiger partial charge on any atom is 0.322 e. The quantitative estimate of drug-likeness (QED) is 0.805. The number of anilines is 1. The van der Waals surface area contributed by atoms with E-state index in [-0.39, 0.29) is 23.9 Å². The van der Waals surface area contributed by atoms with Gasteiger partial charge in [0, 0.05) is 31.9 Å². The lowest BCUT2D eigenvalue weighted by molar-refractivity contribution is -0.126. The van der Waals surface area contributed by atoms with E-state index in [4.69, 9.17) is 4.74 Å². The van der Waals surface area contributed by atoms with Gasteiger partial charge in [-0.05, 0) is 44.7 Å². The first-order valence-electron chi connectivity index (χ1n) is 8.84. The zero-order chi connectivity index (χ0) is 18.4. The number of methoxy groups -OCH3 is 1. The van der Waals surface area contributed by atoms with Crippen LogP contribution >= 0.6 is 0 Å². The third-order valence-corrected chi connectivity index (χ3v) is 4.83. The van der Waals surface area contributed by atoms with Gasteiger partial charge in [0.05, 0.1) is 12.5 Å². The monoisotopic (exact) mass is 347 g/mol. The third kappa shape index (κ3) is 4.95. The summed E-state index contributed by atoms with van der Waals surface area (Å²) < 4.78 is 4.96. The Bertz CT molecular complexity index is 598. The van der Waals surface area contributed by atoms with Crippen molar-refractivity contribution in [3.05, 3.63) is 29.3 Å². The lowest BCUT2D eigenvalue weighted by Crippen LogP contribution is -2.51. The fourth-order valence-electron chi connectivity index (χ4n) is 3.21. The molecule has 1 aromatic rings. The molecule has 138 valence electrons. The van der Waals surface area contributed by atoms with Gasteiger partial charge in [0.2, 0.25) is 5.91 Å². The molecule has 0 unspecified atom stereocenters. The normalized spacial score (nSPS) is 20.2. The van der Waals surface area contributed by atoms with Gasteiger partial charge in [-0.25, -0.2) is 4.79 Å². The standard InChI is InChI=1S/C19H29N3O3/c1-13-6-5-7-14(2)17(13)21-19(24)22-12-16(9-8-15(22)3)18(23)20-10-11-25-4/h5-7,15-16H,8-12H2,1-4H3,(H,20,23)(H,21,24)/t15-,16+/m1/s1. The summed E-state index contributed by atoms with van der Waals surface area (Å²) in [5.41, 5.74) is 2.92. The van der Waals surface area contributed by atoms with E-state index in [1.165, 1.54) is 0 Å². The molecule has 0 bridgehead atoms. The molecule has 1 heterocycles. The topological polar surface area (TPSA) is 70.7 Å². The van der Waals surface area contributed by atoms with Crippen LogP contribution in [-0.4, -0.2) is 49.7 Å². The van der Waals surface area contributed by atoms with Crippen molar-refractivity contribution in [3.8, 4) is 0 Å². The highest BCUT2D eigenvalue weighted by Crippen LogP contribution is 2.25. The molecule has 1 aromatic carbocycles. The van der Waals surface area contributed by atoms with E-state index < -0.39 is 0 Å². The van der Waals surface area contributed by atoms with E-state index in [1.807, 2.05) is 39.0 Å². The minimum absolute atomic E-state index is 0.00572. The van der Waals surface area contributed by atoms with Gasteiger partial charge < -0.3 is 20.3 Å². The molecule has 2 rings (SSSR count). The molecule has 6 nitrogen and oxygen atoms in total. The number of nitrogens with one attached hydrogen (secondary N) is 2. The predicted octanol–water partition coefficient (Wildman–Crippen LogP) is 2.70. The molecule has 2 N–H and O–H groups in total. The molecule has 1 saturated heterocycles. The molecule has 0 aromatic heterocycles. The van der Waals surface area contributed by atoms with Crippen molar-refractivity contribution in [3.63, 3.8) is 0 Å². The van der Waals surface area contributed by atoms with Gasteiger partial charge in [-0.3, -0.25) is 4.79 Å². The second-order valence-corrected chi connectivity index (χ2v) is 6.76. The van der Waals surface area contributed by atoms with Crippen LogP contribution in [0.25, 0.3) is 0 Å². The predicted molar refractivity (Wildman–Crippen MR) is 98.7 cm³/mol. The van der Waals surface area contributed by atoms with Crippen molar-refractivity contribution in [2.24, 2.45) is 5.92 Å². The number of amides is 3. The number of ether oxygens (including phenoxy) is 1. The zero-order valence-corrected chi connectivity index (χ0v) is 15.6. The lowest BCUT2D eigenvalue weighted by atomic mass is 9.93. The summed E-state index contributed by atoms with van der Waals surface area (Å²) in [5, 5.41) is 5.90. The van der Waals surface area contributed by atoms with Gasteiger partial charge in [-0.15, -0.1) is 0 Å². The van der Waals surface area contributed by atoms with Crippen molar-refractivity contribution < 1.29 is 14.3 Å². The molecule has 25 heavy (non-hydrogen) atoms. The maximum absolute atomic E-state index is 12.8. The summed E-state index contributed by atoms with van der Waals surface area (Å²) in [6.45, 7) is 7.42. The number of piperidine rings is 1. The van der Waals surface area contributed by atoms with Crippen molar-refractivity contribution in [1.82, 2.24) is 10.2 Å². The average molecular weight is 347 g/mol. The minimum Gasteiger partial charge on any atom is -0.383 e. The summed E-state index contributed by atoms with van der Waals surface area (Å²) in [6, 6.07) is 5.92. The van der Waals surface area contributed by atoms with Gasteiger partial charge in [-0.1, -0.05) is 18.2 Å². The highest BCUT2D eigenvalue weighted by atomic mass is 16.5. The molecule has 0 saturated carbocycles. The second kappa shape index (κ2) is 8.85. The largest absolute Gasteiger partial charge is 0.383 e. The van der Waals surface area contributed by atoms with Crippen LogP contribution in [0.2, 0.25) is 0 Å². The maximum atomic E-state index is 12.8. The molecule has 6 heteroatoms. The highest BCUT2D eigenvalue weighted by Gasteiger charge is 2.32. The highest BCUT2D eigenvalue weighted by molar-refractivity contribution is 5.92. The number of aryl methyl sites for hydroxylation is 2. The van der Waals surface area contributed by atoms with E-state index in [0.29, 0.717) is 19.7 Å². The number of likely N-dealkylation sites (tertiary alicyclic amines) is 1. The summed E-state index contributed by atoms with van der Waals surface area (Å²) in [6.07, 6.45) is 1.62. The molecular formula is C19H29N3O3. The molecule has 0 radical (unpaired) electrons. The molecule has 1 fully saturated rings. The Morgan fingerprint density at radius 2 is 1.92 bits per heavy atom. The summed E-state index contributed by atoms with van der Waals surface area (Å²) >= 11 is 0. The van der Waals surface area contributed by atoms with Crippen LogP contribution in [0.15, 0.2) is 18.2 Å². The molecule has 2 atom stereocenters. The Balaban J connectivity index is 2.01. The smallest absolute Gasteiger partial charge is 0.322 e. The van der Waals surface area contributed by atoms with E-state index in [0.717, 1.165) is 29.7 Å².